The lowest BCUT2D eigenvalue weighted by Gasteiger charge is -2.31. The van der Waals surface area contributed by atoms with Gasteiger partial charge in [0, 0.05) is 6.04 Å². The first kappa shape index (κ1) is 8.02. The summed E-state index contributed by atoms with van der Waals surface area (Å²) in [6, 6.07) is 0.368. The maximum absolute atomic E-state index is 9.65. The Morgan fingerprint density at radius 3 is 2.30 bits per heavy atom. The van der Waals surface area contributed by atoms with Crippen LogP contribution in [0.4, 0.5) is 0 Å². The molecule has 0 aromatic heterocycles. The van der Waals surface area contributed by atoms with Gasteiger partial charge in [-0.2, -0.15) is 0 Å². The maximum atomic E-state index is 9.65. The number of hydrogen-bond acceptors (Lipinski definition) is 2. The van der Waals surface area contributed by atoms with Gasteiger partial charge in [0.15, 0.2) is 0 Å². The molecule has 2 nitrogen and oxygen atoms in total. The van der Waals surface area contributed by atoms with Gasteiger partial charge >= 0.3 is 0 Å². The SMILES string of the molecule is CN1CCC[C@H]1C(C)(C)O. The summed E-state index contributed by atoms with van der Waals surface area (Å²) < 4.78 is 0. The van der Waals surface area contributed by atoms with Crippen molar-refractivity contribution in [1.82, 2.24) is 4.90 Å². The Labute approximate surface area is 62.8 Å². The van der Waals surface area contributed by atoms with E-state index >= 15 is 0 Å². The van der Waals surface area contributed by atoms with Crippen molar-refractivity contribution in [3.8, 4) is 0 Å². The number of likely N-dealkylation sites (N-methyl/N-ethyl adjacent to an activating group) is 1. The van der Waals surface area contributed by atoms with Gasteiger partial charge in [0.2, 0.25) is 0 Å². The molecule has 0 spiro atoms. The highest BCUT2D eigenvalue weighted by atomic mass is 16.3. The second kappa shape index (κ2) is 2.51. The van der Waals surface area contributed by atoms with Crippen LogP contribution in [-0.2, 0) is 0 Å². The predicted octanol–water partition coefficient (Wildman–Crippen LogP) is 0.851. The van der Waals surface area contributed by atoms with E-state index in [0.29, 0.717) is 6.04 Å². The first-order chi connectivity index (χ1) is 4.52. The first-order valence-corrected chi connectivity index (χ1v) is 3.94. The van der Waals surface area contributed by atoms with Gasteiger partial charge in [-0.15, -0.1) is 0 Å². The summed E-state index contributed by atoms with van der Waals surface area (Å²) >= 11 is 0. The Kier molecular flexibility index (Phi) is 2.02. The summed E-state index contributed by atoms with van der Waals surface area (Å²) in [4.78, 5) is 2.24. The van der Waals surface area contributed by atoms with Crippen molar-refractivity contribution >= 4 is 0 Å². The zero-order valence-electron chi connectivity index (χ0n) is 7.09. The van der Waals surface area contributed by atoms with Crippen LogP contribution in [0.2, 0.25) is 0 Å². The Morgan fingerprint density at radius 2 is 2.10 bits per heavy atom. The normalized spacial score (nSPS) is 29.4. The molecule has 1 saturated heterocycles. The van der Waals surface area contributed by atoms with Crippen molar-refractivity contribution in [3.05, 3.63) is 0 Å². The van der Waals surface area contributed by atoms with Crippen LogP contribution in [0.3, 0.4) is 0 Å². The van der Waals surface area contributed by atoms with E-state index in [2.05, 4.69) is 11.9 Å². The minimum Gasteiger partial charge on any atom is -0.389 e. The van der Waals surface area contributed by atoms with Crippen LogP contribution in [0, 0.1) is 0 Å². The molecule has 1 rings (SSSR count). The fourth-order valence-corrected chi connectivity index (χ4v) is 1.80. The van der Waals surface area contributed by atoms with Crippen LogP contribution in [-0.4, -0.2) is 35.2 Å². The average molecular weight is 143 g/mol. The molecule has 1 aliphatic rings. The maximum Gasteiger partial charge on any atom is 0.0746 e. The lowest BCUT2D eigenvalue weighted by molar-refractivity contribution is 0.00607. The third-order valence-corrected chi connectivity index (χ3v) is 2.34. The Morgan fingerprint density at radius 1 is 1.50 bits per heavy atom. The molecule has 60 valence electrons. The van der Waals surface area contributed by atoms with E-state index in [9.17, 15) is 5.11 Å². The van der Waals surface area contributed by atoms with Gasteiger partial charge in [0.25, 0.3) is 0 Å². The zero-order valence-corrected chi connectivity index (χ0v) is 7.09. The number of hydrogen-bond donors (Lipinski definition) is 1. The van der Waals surface area contributed by atoms with Crippen molar-refractivity contribution in [2.75, 3.05) is 13.6 Å². The first-order valence-electron chi connectivity index (χ1n) is 3.94. The van der Waals surface area contributed by atoms with E-state index in [-0.39, 0.29) is 0 Å². The molecule has 0 amide bonds. The molecule has 1 fully saturated rings. The van der Waals surface area contributed by atoms with Crippen LogP contribution >= 0.6 is 0 Å². The summed E-state index contributed by atoms with van der Waals surface area (Å²) in [6.45, 7) is 4.91. The lowest BCUT2D eigenvalue weighted by Crippen LogP contribution is -2.43. The smallest absolute Gasteiger partial charge is 0.0746 e. The molecule has 2 heteroatoms. The molecule has 0 aromatic rings. The average Bonchev–Trinajstić information content (AvgIpc) is 2.11. The van der Waals surface area contributed by atoms with Crippen LogP contribution in [0.5, 0.6) is 0 Å². The van der Waals surface area contributed by atoms with E-state index in [0.717, 1.165) is 13.0 Å². The molecule has 0 saturated carbocycles. The quantitative estimate of drug-likeness (QED) is 0.588. The summed E-state index contributed by atoms with van der Waals surface area (Å²) in [5, 5.41) is 9.65. The van der Waals surface area contributed by atoms with Gasteiger partial charge in [0.1, 0.15) is 0 Å². The molecule has 1 N–H and O–H groups in total. The van der Waals surface area contributed by atoms with Crippen molar-refractivity contribution in [2.45, 2.75) is 38.3 Å². The van der Waals surface area contributed by atoms with Crippen LogP contribution in [0.15, 0.2) is 0 Å². The summed E-state index contributed by atoms with van der Waals surface area (Å²) in [7, 11) is 2.08. The third-order valence-electron chi connectivity index (χ3n) is 2.34. The fourth-order valence-electron chi connectivity index (χ4n) is 1.80. The van der Waals surface area contributed by atoms with E-state index in [1.54, 1.807) is 0 Å². The number of nitrogens with zero attached hydrogens (tertiary/aromatic N) is 1. The second-order valence-electron chi connectivity index (χ2n) is 3.79. The molecular weight excluding hydrogens is 126 g/mol. The van der Waals surface area contributed by atoms with Crippen LogP contribution < -0.4 is 0 Å². The highest BCUT2D eigenvalue weighted by molar-refractivity contribution is 4.88. The molecule has 0 radical (unpaired) electrons. The highest BCUT2D eigenvalue weighted by Crippen LogP contribution is 2.24. The second-order valence-corrected chi connectivity index (χ2v) is 3.79. The topological polar surface area (TPSA) is 23.5 Å². The molecule has 1 atom stereocenters. The van der Waals surface area contributed by atoms with Crippen molar-refractivity contribution in [1.29, 1.82) is 0 Å². The molecule has 0 aromatic carbocycles. The predicted molar refractivity (Wildman–Crippen MR) is 41.9 cm³/mol. The highest BCUT2D eigenvalue weighted by Gasteiger charge is 2.33. The van der Waals surface area contributed by atoms with Crippen LogP contribution in [0.1, 0.15) is 26.7 Å². The van der Waals surface area contributed by atoms with Crippen molar-refractivity contribution in [3.63, 3.8) is 0 Å². The van der Waals surface area contributed by atoms with Gasteiger partial charge in [0.05, 0.1) is 5.60 Å². The zero-order chi connectivity index (χ0) is 7.78. The number of aliphatic hydroxyl groups is 1. The molecular formula is C8H17NO. The van der Waals surface area contributed by atoms with E-state index in [1.165, 1.54) is 6.42 Å². The molecule has 1 heterocycles. The van der Waals surface area contributed by atoms with E-state index in [1.807, 2.05) is 13.8 Å². The van der Waals surface area contributed by atoms with Gasteiger partial charge < -0.3 is 10.0 Å². The van der Waals surface area contributed by atoms with Gasteiger partial charge in [-0.05, 0) is 40.3 Å². The molecule has 0 bridgehead atoms. The standard InChI is InChI=1S/C8H17NO/c1-8(2,10)7-5-4-6-9(7)3/h7,10H,4-6H2,1-3H3/t7-/m0/s1. The summed E-state index contributed by atoms with van der Waals surface area (Å²) in [5.41, 5.74) is -0.523. The van der Waals surface area contributed by atoms with Gasteiger partial charge in [-0.3, -0.25) is 0 Å². The number of rotatable bonds is 1. The minimum atomic E-state index is -0.523. The largest absolute Gasteiger partial charge is 0.389 e. The Balaban J connectivity index is 2.55. The minimum absolute atomic E-state index is 0.368. The monoisotopic (exact) mass is 143 g/mol. The van der Waals surface area contributed by atoms with E-state index < -0.39 is 5.60 Å². The Hall–Kier alpha value is -0.0800. The molecule has 10 heavy (non-hydrogen) atoms. The van der Waals surface area contributed by atoms with Crippen LogP contribution in [0.25, 0.3) is 0 Å². The molecule has 1 aliphatic heterocycles. The molecule has 0 aliphatic carbocycles. The number of likely N-dealkylation sites (tertiary alicyclic amines) is 1. The summed E-state index contributed by atoms with van der Waals surface area (Å²) in [5.74, 6) is 0. The van der Waals surface area contributed by atoms with Crippen molar-refractivity contribution in [2.24, 2.45) is 0 Å². The fraction of sp³-hybridized carbons (Fsp3) is 1.00. The van der Waals surface area contributed by atoms with Crippen molar-refractivity contribution < 1.29 is 5.11 Å². The van der Waals surface area contributed by atoms with E-state index in [4.69, 9.17) is 0 Å². The lowest BCUT2D eigenvalue weighted by atomic mass is 9.97. The van der Waals surface area contributed by atoms with Gasteiger partial charge in [-0.1, -0.05) is 0 Å². The third kappa shape index (κ3) is 1.50. The van der Waals surface area contributed by atoms with Gasteiger partial charge in [-0.25, -0.2) is 0 Å². The molecule has 0 unspecified atom stereocenters. The summed E-state index contributed by atoms with van der Waals surface area (Å²) in [6.07, 6.45) is 2.37. The Bertz CT molecular complexity index is 117.